The van der Waals surface area contributed by atoms with Gasteiger partial charge in [0.2, 0.25) is 5.91 Å². The Labute approximate surface area is 204 Å². The Morgan fingerprint density at radius 2 is 1.86 bits per heavy atom. The quantitative estimate of drug-likeness (QED) is 0.414. The topological polar surface area (TPSA) is 76.8 Å². The first kappa shape index (κ1) is 22.9. The maximum absolute atomic E-state index is 13.0. The van der Waals surface area contributed by atoms with Crippen LogP contribution in [0.1, 0.15) is 23.7 Å². The molecular formula is C28H29N3O4. The SMILES string of the molecule is COc1cccc(N2CC(c3nc4ccccc4n3CC(O)COc3cccc(C)c3)CC2=O)c1. The summed E-state index contributed by atoms with van der Waals surface area (Å²) in [6.45, 7) is 3.01. The van der Waals surface area contributed by atoms with Crippen LogP contribution in [0.25, 0.3) is 11.0 Å². The summed E-state index contributed by atoms with van der Waals surface area (Å²) in [5.74, 6) is 2.20. The largest absolute Gasteiger partial charge is 0.497 e. The second kappa shape index (κ2) is 9.80. The molecule has 4 aromatic rings. The average molecular weight is 472 g/mol. The maximum Gasteiger partial charge on any atom is 0.227 e. The number of benzene rings is 3. The molecule has 2 unspecified atom stereocenters. The summed E-state index contributed by atoms with van der Waals surface area (Å²) in [5, 5.41) is 10.9. The Balaban J connectivity index is 1.38. The van der Waals surface area contributed by atoms with Gasteiger partial charge < -0.3 is 24.0 Å². The van der Waals surface area contributed by atoms with E-state index < -0.39 is 6.10 Å². The fourth-order valence-electron chi connectivity index (χ4n) is 4.67. The minimum atomic E-state index is -0.738. The number of fused-ring (bicyclic) bond motifs is 1. The van der Waals surface area contributed by atoms with Gasteiger partial charge in [0.25, 0.3) is 0 Å². The van der Waals surface area contributed by atoms with E-state index in [9.17, 15) is 9.90 Å². The van der Waals surface area contributed by atoms with Crippen LogP contribution >= 0.6 is 0 Å². The fourth-order valence-corrected chi connectivity index (χ4v) is 4.67. The molecule has 1 fully saturated rings. The van der Waals surface area contributed by atoms with Crippen molar-refractivity contribution in [1.29, 1.82) is 0 Å². The molecule has 7 nitrogen and oxygen atoms in total. The normalized spacial score (nSPS) is 16.6. The molecule has 0 saturated carbocycles. The molecule has 7 heteroatoms. The van der Waals surface area contributed by atoms with E-state index in [2.05, 4.69) is 0 Å². The van der Waals surface area contributed by atoms with Crippen molar-refractivity contribution in [2.75, 3.05) is 25.2 Å². The summed E-state index contributed by atoms with van der Waals surface area (Å²) in [6.07, 6.45) is -0.380. The third-order valence-electron chi connectivity index (χ3n) is 6.36. The molecular weight excluding hydrogens is 442 g/mol. The first-order valence-electron chi connectivity index (χ1n) is 11.8. The molecule has 180 valence electrons. The van der Waals surface area contributed by atoms with Crippen LogP contribution in [0, 0.1) is 6.92 Å². The number of aliphatic hydroxyl groups is 1. The highest BCUT2D eigenvalue weighted by Gasteiger charge is 2.35. The number of nitrogens with zero attached hydrogens (tertiary/aromatic N) is 3. The summed E-state index contributed by atoms with van der Waals surface area (Å²) < 4.78 is 13.2. The molecule has 1 amide bonds. The van der Waals surface area contributed by atoms with Crippen LogP contribution in [-0.2, 0) is 11.3 Å². The lowest BCUT2D eigenvalue weighted by molar-refractivity contribution is -0.117. The number of carbonyl (C=O) groups is 1. The zero-order chi connectivity index (χ0) is 24.4. The summed E-state index contributed by atoms with van der Waals surface area (Å²) in [5.41, 5.74) is 3.70. The van der Waals surface area contributed by atoms with E-state index in [4.69, 9.17) is 14.5 Å². The number of aliphatic hydroxyl groups excluding tert-OH is 1. The van der Waals surface area contributed by atoms with Crippen molar-refractivity contribution in [3.63, 3.8) is 0 Å². The number of rotatable bonds is 8. The van der Waals surface area contributed by atoms with Crippen LogP contribution in [0.2, 0.25) is 0 Å². The predicted octanol–water partition coefficient (Wildman–Crippen LogP) is 4.31. The van der Waals surface area contributed by atoms with Gasteiger partial charge in [-0.2, -0.15) is 0 Å². The number of para-hydroxylation sites is 2. The number of methoxy groups -OCH3 is 1. The van der Waals surface area contributed by atoms with Gasteiger partial charge in [-0.3, -0.25) is 4.79 Å². The van der Waals surface area contributed by atoms with Gasteiger partial charge in [-0.05, 0) is 48.9 Å². The van der Waals surface area contributed by atoms with Crippen molar-refractivity contribution in [2.24, 2.45) is 0 Å². The molecule has 0 aliphatic carbocycles. The number of anilines is 1. The van der Waals surface area contributed by atoms with E-state index in [0.29, 0.717) is 25.3 Å². The maximum atomic E-state index is 13.0. The van der Waals surface area contributed by atoms with E-state index in [0.717, 1.165) is 33.9 Å². The Hall–Kier alpha value is -3.84. The van der Waals surface area contributed by atoms with Crippen molar-refractivity contribution in [2.45, 2.75) is 31.9 Å². The smallest absolute Gasteiger partial charge is 0.227 e. The van der Waals surface area contributed by atoms with Gasteiger partial charge in [0.05, 0.1) is 24.7 Å². The van der Waals surface area contributed by atoms with Gasteiger partial charge in [0.15, 0.2) is 0 Å². The predicted molar refractivity (Wildman–Crippen MR) is 135 cm³/mol. The molecule has 2 atom stereocenters. The molecule has 0 bridgehead atoms. The zero-order valence-corrected chi connectivity index (χ0v) is 19.9. The number of amides is 1. The second-order valence-electron chi connectivity index (χ2n) is 8.96. The summed E-state index contributed by atoms with van der Waals surface area (Å²) in [7, 11) is 1.62. The Morgan fingerprint density at radius 1 is 1.06 bits per heavy atom. The third kappa shape index (κ3) is 4.86. The van der Waals surface area contributed by atoms with E-state index in [1.807, 2.05) is 84.3 Å². The molecule has 1 aliphatic rings. The number of hydrogen-bond acceptors (Lipinski definition) is 5. The molecule has 5 rings (SSSR count). The van der Waals surface area contributed by atoms with Crippen LogP contribution in [-0.4, -0.2) is 46.9 Å². The van der Waals surface area contributed by atoms with Crippen molar-refractivity contribution in [1.82, 2.24) is 9.55 Å². The standard InChI is InChI=1S/C28H29N3O4/c1-19-7-5-10-24(13-19)35-18-22(32)17-31-26-12-4-3-11-25(26)29-28(31)20-14-27(33)30(16-20)21-8-6-9-23(15-21)34-2/h3-13,15,20,22,32H,14,16-18H2,1-2H3. The van der Waals surface area contributed by atoms with Gasteiger partial charge in [-0.1, -0.05) is 30.3 Å². The lowest BCUT2D eigenvalue weighted by Crippen LogP contribution is -2.26. The number of ether oxygens (including phenoxy) is 2. The average Bonchev–Trinajstić information content (AvgIpc) is 3.43. The van der Waals surface area contributed by atoms with Crippen molar-refractivity contribution >= 4 is 22.6 Å². The van der Waals surface area contributed by atoms with E-state index in [1.54, 1.807) is 12.0 Å². The fraction of sp³-hybridized carbons (Fsp3) is 0.286. The zero-order valence-electron chi connectivity index (χ0n) is 19.9. The Morgan fingerprint density at radius 3 is 2.69 bits per heavy atom. The Bertz CT molecular complexity index is 1350. The van der Waals surface area contributed by atoms with Crippen molar-refractivity contribution in [3.05, 3.63) is 84.2 Å². The lowest BCUT2D eigenvalue weighted by Gasteiger charge is -2.19. The number of hydrogen-bond donors (Lipinski definition) is 1. The highest BCUT2D eigenvalue weighted by molar-refractivity contribution is 5.96. The molecule has 1 aliphatic heterocycles. The summed E-state index contributed by atoms with van der Waals surface area (Å²) >= 11 is 0. The first-order valence-corrected chi connectivity index (χ1v) is 11.8. The summed E-state index contributed by atoms with van der Waals surface area (Å²) in [6, 6.07) is 23.2. The van der Waals surface area contributed by atoms with E-state index >= 15 is 0 Å². The minimum Gasteiger partial charge on any atom is -0.497 e. The van der Waals surface area contributed by atoms with Crippen LogP contribution in [0.3, 0.4) is 0 Å². The molecule has 3 aromatic carbocycles. The minimum absolute atomic E-state index is 0.0465. The number of aromatic nitrogens is 2. The van der Waals surface area contributed by atoms with Gasteiger partial charge in [0.1, 0.15) is 30.0 Å². The Kier molecular flexibility index (Phi) is 6.42. The van der Waals surface area contributed by atoms with Crippen molar-refractivity contribution in [3.8, 4) is 11.5 Å². The van der Waals surface area contributed by atoms with Gasteiger partial charge in [-0.15, -0.1) is 0 Å². The molecule has 1 N–H and O–H groups in total. The highest BCUT2D eigenvalue weighted by Crippen LogP contribution is 2.34. The molecule has 0 spiro atoms. The van der Waals surface area contributed by atoms with E-state index in [1.165, 1.54) is 0 Å². The lowest BCUT2D eigenvalue weighted by atomic mass is 10.1. The molecule has 2 heterocycles. The molecule has 35 heavy (non-hydrogen) atoms. The van der Waals surface area contributed by atoms with Crippen molar-refractivity contribution < 1.29 is 19.4 Å². The number of imidazole rings is 1. The monoisotopic (exact) mass is 471 g/mol. The van der Waals surface area contributed by atoms with Crippen LogP contribution in [0.15, 0.2) is 72.8 Å². The van der Waals surface area contributed by atoms with E-state index in [-0.39, 0.29) is 18.4 Å². The summed E-state index contributed by atoms with van der Waals surface area (Å²) in [4.78, 5) is 19.6. The first-order chi connectivity index (χ1) is 17.0. The molecule has 1 aromatic heterocycles. The molecule has 0 radical (unpaired) electrons. The van der Waals surface area contributed by atoms with Gasteiger partial charge in [-0.25, -0.2) is 4.98 Å². The number of carbonyl (C=O) groups excluding carboxylic acids is 1. The molecule has 1 saturated heterocycles. The van der Waals surface area contributed by atoms with Crippen LogP contribution in [0.5, 0.6) is 11.5 Å². The number of aryl methyl sites for hydroxylation is 1. The highest BCUT2D eigenvalue weighted by atomic mass is 16.5. The van der Waals surface area contributed by atoms with Crippen LogP contribution in [0.4, 0.5) is 5.69 Å². The van der Waals surface area contributed by atoms with Gasteiger partial charge in [0, 0.05) is 30.6 Å². The third-order valence-corrected chi connectivity index (χ3v) is 6.36. The second-order valence-corrected chi connectivity index (χ2v) is 8.96. The van der Waals surface area contributed by atoms with Crippen LogP contribution < -0.4 is 14.4 Å². The van der Waals surface area contributed by atoms with Gasteiger partial charge >= 0.3 is 0 Å².